The third-order valence-electron chi connectivity index (χ3n) is 5.94. The van der Waals surface area contributed by atoms with Crippen molar-refractivity contribution in [2.24, 2.45) is 11.3 Å². The average Bonchev–Trinajstić information content (AvgIpc) is 3.12. The van der Waals surface area contributed by atoms with Gasteiger partial charge in [0.2, 0.25) is 0 Å². The summed E-state index contributed by atoms with van der Waals surface area (Å²) in [5.74, 6) is -1.58. The van der Waals surface area contributed by atoms with Crippen molar-refractivity contribution in [3.8, 4) is 0 Å². The van der Waals surface area contributed by atoms with Gasteiger partial charge in [0, 0.05) is 12.0 Å². The Morgan fingerprint density at radius 2 is 1.81 bits per heavy atom. The van der Waals surface area contributed by atoms with Crippen LogP contribution in [0.25, 0.3) is 0 Å². The van der Waals surface area contributed by atoms with Gasteiger partial charge < -0.3 is 14.2 Å². The van der Waals surface area contributed by atoms with Crippen molar-refractivity contribution >= 4 is 17.7 Å². The van der Waals surface area contributed by atoms with Gasteiger partial charge in [-0.2, -0.15) is 0 Å². The quantitative estimate of drug-likeness (QED) is 0.608. The zero-order valence-electron chi connectivity index (χ0n) is 14.9. The van der Waals surface area contributed by atoms with Gasteiger partial charge in [0.25, 0.3) is 0 Å². The van der Waals surface area contributed by atoms with Gasteiger partial charge in [-0.25, -0.2) is 0 Å². The zero-order chi connectivity index (χ0) is 18.5. The zero-order valence-corrected chi connectivity index (χ0v) is 14.9. The van der Waals surface area contributed by atoms with Crippen LogP contribution in [-0.2, 0) is 23.8 Å². The van der Waals surface area contributed by atoms with Crippen molar-refractivity contribution in [2.45, 2.75) is 44.8 Å². The molecule has 1 aromatic rings. The molecule has 0 aromatic heterocycles. The molecule has 138 valence electrons. The second-order valence-corrected chi connectivity index (χ2v) is 7.25. The fourth-order valence-electron chi connectivity index (χ4n) is 4.88. The number of carbonyl (C=O) groups is 3. The minimum atomic E-state index is -1.47. The highest BCUT2D eigenvalue weighted by molar-refractivity contribution is 6.09. The summed E-state index contributed by atoms with van der Waals surface area (Å²) in [6.07, 6.45) is 0.659. The molecule has 2 aliphatic heterocycles. The van der Waals surface area contributed by atoms with Crippen LogP contribution in [0.2, 0.25) is 0 Å². The van der Waals surface area contributed by atoms with Crippen molar-refractivity contribution in [1.29, 1.82) is 0 Å². The molecule has 2 heterocycles. The summed E-state index contributed by atoms with van der Waals surface area (Å²) in [5.41, 5.74) is -1.08. The van der Waals surface area contributed by atoms with E-state index in [9.17, 15) is 14.4 Å². The molecule has 6 heteroatoms. The fraction of sp³-hybridized carbons (Fsp3) is 0.550. The fourth-order valence-corrected chi connectivity index (χ4v) is 4.88. The van der Waals surface area contributed by atoms with E-state index in [0.29, 0.717) is 12.0 Å². The van der Waals surface area contributed by atoms with E-state index in [-0.39, 0.29) is 43.9 Å². The molecule has 0 unspecified atom stereocenters. The third kappa shape index (κ3) is 2.11. The van der Waals surface area contributed by atoms with Crippen LogP contribution >= 0.6 is 0 Å². The number of esters is 2. The Balaban J connectivity index is 1.76. The Morgan fingerprint density at radius 3 is 2.46 bits per heavy atom. The molecule has 3 aliphatic rings. The Bertz CT molecular complexity index is 766. The van der Waals surface area contributed by atoms with Crippen LogP contribution in [0, 0.1) is 11.3 Å². The summed E-state index contributed by atoms with van der Waals surface area (Å²) in [4.78, 5) is 38.8. The lowest BCUT2D eigenvalue weighted by molar-refractivity contribution is -0.173. The van der Waals surface area contributed by atoms with Crippen LogP contribution in [0.5, 0.6) is 0 Å². The molecule has 1 saturated heterocycles. The maximum Gasteiger partial charge on any atom is 0.323 e. The van der Waals surface area contributed by atoms with Gasteiger partial charge in [-0.1, -0.05) is 24.3 Å². The molecule has 0 radical (unpaired) electrons. The monoisotopic (exact) mass is 358 g/mol. The molecule has 26 heavy (non-hydrogen) atoms. The number of Topliss-reactive ketones (excluding diaryl/α,β-unsaturated/α-hetero) is 1. The van der Waals surface area contributed by atoms with E-state index in [1.165, 1.54) is 0 Å². The van der Waals surface area contributed by atoms with Crippen LogP contribution in [0.1, 0.15) is 55.1 Å². The second-order valence-electron chi connectivity index (χ2n) is 7.25. The Kier molecular flexibility index (Phi) is 3.91. The van der Waals surface area contributed by atoms with Crippen LogP contribution in [0.15, 0.2) is 24.3 Å². The maximum atomic E-state index is 13.3. The number of fused-ring (bicyclic) bond motifs is 3. The van der Waals surface area contributed by atoms with E-state index in [1.807, 2.05) is 18.2 Å². The Morgan fingerprint density at radius 1 is 1.15 bits per heavy atom. The topological polar surface area (TPSA) is 78.9 Å². The van der Waals surface area contributed by atoms with Gasteiger partial charge >= 0.3 is 11.9 Å². The highest BCUT2D eigenvalue weighted by Gasteiger charge is 2.71. The maximum absolute atomic E-state index is 13.3. The summed E-state index contributed by atoms with van der Waals surface area (Å²) in [6.45, 7) is 3.72. The van der Waals surface area contributed by atoms with Crippen molar-refractivity contribution in [2.75, 3.05) is 13.2 Å². The summed E-state index contributed by atoms with van der Waals surface area (Å²) in [5, 5.41) is 0. The van der Waals surface area contributed by atoms with E-state index in [0.717, 1.165) is 5.56 Å². The number of hydrogen-bond acceptors (Lipinski definition) is 6. The number of hydrogen-bond donors (Lipinski definition) is 0. The van der Waals surface area contributed by atoms with Gasteiger partial charge in [0.1, 0.15) is 5.60 Å². The van der Waals surface area contributed by atoms with E-state index >= 15 is 0 Å². The molecule has 2 fully saturated rings. The lowest BCUT2D eigenvalue weighted by Crippen LogP contribution is -2.47. The normalized spacial score (nSPS) is 30.5. The first-order valence-corrected chi connectivity index (χ1v) is 9.14. The molecule has 6 nitrogen and oxygen atoms in total. The van der Waals surface area contributed by atoms with Crippen molar-refractivity contribution in [1.82, 2.24) is 0 Å². The summed E-state index contributed by atoms with van der Waals surface area (Å²) in [7, 11) is 0. The van der Waals surface area contributed by atoms with Crippen LogP contribution in [0.3, 0.4) is 0 Å². The van der Waals surface area contributed by atoms with Gasteiger partial charge in [-0.15, -0.1) is 0 Å². The first-order valence-electron chi connectivity index (χ1n) is 9.14. The summed E-state index contributed by atoms with van der Waals surface area (Å²) < 4.78 is 16.6. The molecule has 1 spiro atoms. The average molecular weight is 358 g/mol. The highest BCUT2D eigenvalue weighted by atomic mass is 16.6. The summed E-state index contributed by atoms with van der Waals surface area (Å²) in [6, 6.07) is 7.43. The molecular formula is C20H22O6. The lowest BCUT2D eigenvalue weighted by Gasteiger charge is -2.34. The molecule has 3 atom stereocenters. The molecule has 1 aromatic carbocycles. The van der Waals surface area contributed by atoms with E-state index in [1.54, 1.807) is 19.9 Å². The van der Waals surface area contributed by atoms with Crippen molar-refractivity contribution in [3.63, 3.8) is 0 Å². The minimum absolute atomic E-state index is 0.00794. The van der Waals surface area contributed by atoms with Crippen LogP contribution < -0.4 is 0 Å². The largest absolute Gasteiger partial charge is 0.465 e. The van der Waals surface area contributed by atoms with E-state index < -0.39 is 23.0 Å². The highest BCUT2D eigenvalue weighted by Crippen LogP contribution is 2.63. The smallest absolute Gasteiger partial charge is 0.323 e. The number of ether oxygens (including phenoxy) is 3. The van der Waals surface area contributed by atoms with Crippen molar-refractivity contribution in [3.05, 3.63) is 35.4 Å². The number of carbonyl (C=O) groups excluding carboxylic acids is 3. The van der Waals surface area contributed by atoms with Gasteiger partial charge in [0.15, 0.2) is 11.2 Å². The van der Waals surface area contributed by atoms with Crippen LogP contribution in [0.4, 0.5) is 0 Å². The van der Waals surface area contributed by atoms with Gasteiger partial charge in [0.05, 0.1) is 19.3 Å². The number of rotatable bonds is 4. The van der Waals surface area contributed by atoms with Crippen molar-refractivity contribution < 1.29 is 28.6 Å². The second kappa shape index (κ2) is 5.91. The molecular weight excluding hydrogens is 336 g/mol. The lowest BCUT2D eigenvalue weighted by atomic mass is 9.80. The standard InChI is InChI=1S/C20H22O6/c1-3-24-17(22)19(18(23)25-4-2)10-12-9-15-13-7-5-6-8-14(13)16(21)20(12,11-19)26-15/h5-8,12,15H,3-4,9-11H2,1-2H3/t12-,15-,20+/m0/s1. The van der Waals surface area contributed by atoms with Gasteiger partial charge in [-0.05, 0) is 38.2 Å². The Labute approximate surface area is 151 Å². The SMILES string of the molecule is CCOC(=O)C1(C(=O)OCC)C[C@@H]2C[C@@H]3O[C@@]2(C1)C(=O)c1ccccc13. The molecule has 1 aliphatic carbocycles. The first kappa shape index (κ1) is 17.2. The molecule has 1 saturated carbocycles. The summed E-state index contributed by atoms with van der Waals surface area (Å²) >= 11 is 0. The molecule has 0 N–H and O–H groups in total. The molecule has 0 amide bonds. The third-order valence-corrected chi connectivity index (χ3v) is 5.94. The molecule has 4 rings (SSSR count). The van der Waals surface area contributed by atoms with Crippen LogP contribution in [-0.4, -0.2) is 36.5 Å². The van der Waals surface area contributed by atoms with E-state index in [2.05, 4.69) is 0 Å². The number of ketones is 1. The number of benzene rings is 1. The Hall–Kier alpha value is -2.21. The minimum Gasteiger partial charge on any atom is -0.465 e. The van der Waals surface area contributed by atoms with Gasteiger partial charge in [-0.3, -0.25) is 14.4 Å². The predicted octanol–water partition coefficient (Wildman–Crippen LogP) is 2.61. The predicted molar refractivity (Wildman–Crippen MR) is 90.4 cm³/mol. The molecule has 2 bridgehead atoms. The first-order chi connectivity index (χ1) is 12.5. The van der Waals surface area contributed by atoms with E-state index in [4.69, 9.17) is 14.2 Å².